The number of nitrogens with zero attached hydrogens (tertiary/aromatic N) is 4. The Balaban J connectivity index is 1.34. The Labute approximate surface area is 306 Å². The number of allylic oxidation sites excluding steroid dienone is 1. The summed E-state index contributed by atoms with van der Waals surface area (Å²) in [5.41, 5.74) is 6.61. The molecule has 51 heavy (non-hydrogen) atoms. The predicted octanol–water partition coefficient (Wildman–Crippen LogP) is 6.52. The molecule has 10 nitrogen and oxygen atoms in total. The third-order valence-electron chi connectivity index (χ3n) is 16.8. The minimum Gasteiger partial charge on any atom is -0.481 e. The number of nitrogens with two attached hydrogens (primary N) is 1. The van der Waals surface area contributed by atoms with Crippen molar-refractivity contribution in [3.8, 4) is 0 Å². The summed E-state index contributed by atoms with van der Waals surface area (Å²) in [5.74, 6) is 2.16. The number of rotatable bonds is 9. The lowest BCUT2D eigenvalue weighted by Crippen LogP contribution is -2.69. The number of nitrogens with one attached hydrogen (secondary N) is 1. The molecule has 3 heterocycles. The maximum absolute atomic E-state index is 13.5. The van der Waals surface area contributed by atoms with Crippen molar-refractivity contribution in [1.29, 1.82) is 0 Å². The summed E-state index contributed by atoms with van der Waals surface area (Å²) >= 11 is 0. The van der Waals surface area contributed by atoms with E-state index in [-0.39, 0.29) is 45.1 Å². The van der Waals surface area contributed by atoms with Crippen LogP contribution in [0.2, 0.25) is 0 Å². The van der Waals surface area contributed by atoms with Gasteiger partial charge in [-0.3, -0.25) is 9.79 Å². The van der Waals surface area contributed by atoms with Crippen molar-refractivity contribution >= 4 is 11.8 Å². The number of hydrogen-bond donors (Lipinski definition) is 3. The molecule has 4 fully saturated rings. The van der Waals surface area contributed by atoms with E-state index in [4.69, 9.17) is 30.3 Å². The zero-order chi connectivity index (χ0) is 36.9. The molecule has 10 heteroatoms. The first-order valence-electron chi connectivity index (χ1n) is 20.0. The number of hydrogen-bond acceptors (Lipinski definition) is 8. The molecular weight excluding hydrogens is 640 g/mol. The quantitative estimate of drug-likeness (QED) is 0.247. The van der Waals surface area contributed by atoms with Gasteiger partial charge in [-0.15, -0.1) is 0 Å². The standard InChI is InChI=1S/C41H66N6O4/c1-24(2)26(5)36(6)15-16-38(8)27-11-12-30-37(7)20-50-22-41(30,28(27)13-14-39(38,9)31(36)35(48)49)19-29(32(37)51-21-40(10,42)25(3)4)47-34(45-23-46-47)33-43-17-18-44-33/h13,23-27,29-32H,11-12,14-22,42H2,1-10H3,(H,43,44)(H,48,49)/t26-,27+,29-,30+,31-,32+,36-,37?,38-,39+,40+,41+/m1/s1. The number of ether oxygens (including phenoxy) is 2. The van der Waals surface area contributed by atoms with Gasteiger partial charge in [0, 0.05) is 22.9 Å². The second kappa shape index (κ2) is 12.4. The highest BCUT2D eigenvalue weighted by Crippen LogP contribution is 2.75. The Morgan fingerprint density at radius 2 is 1.88 bits per heavy atom. The van der Waals surface area contributed by atoms with E-state index >= 15 is 0 Å². The van der Waals surface area contributed by atoms with Crippen LogP contribution in [0.5, 0.6) is 0 Å². The maximum atomic E-state index is 13.5. The smallest absolute Gasteiger partial charge is 0.307 e. The summed E-state index contributed by atoms with van der Waals surface area (Å²) in [6, 6.07) is -0.102. The van der Waals surface area contributed by atoms with Crippen molar-refractivity contribution in [3.05, 3.63) is 23.8 Å². The number of aliphatic carboxylic acids is 1. The van der Waals surface area contributed by atoms with Gasteiger partial charge >= 0.3 is 5.97 Å². The SMILES string of the molecule is CC(C)[C@@H](C)[C@@]1(C)CC[C@]2(C)[C@H]3CC[C@H]4C5(C)COC[C@@]4(C[C@@H](n4ncnc4C4=NCCN4)[C@@H]5OC[C@](C)(N)C(C)C)C3=CC[C@@]2(C)[C@@H]1C(=O)O. The minimum atomic E-state index is -0.621. The molecule has 4 N–H and O–H groups in total. The molecule has 1 aromatic rings. The molecule has 0 aromatic carbocycles. The molecule has 1 aromatic heterocycles. The molecular formula is C41H66N6O4. The zero-order valence-electron chi connectivity index (χ0n) is 33.1. The van der Waals surface area contributed by atoms with Gasteiger partial charge in [-0.2, -0.15) is 5.10 Å². The van der Waals surface area contributed by atoms with Gasteiger partial charge in [-0.1, -0.05) is 74.0 Å². The second-order valence-electron chi connectivity index (χ2n) is 19.7. The Bertz CT molecular complexity index is 1580. The third-order valence-corrected chi connectivity index (χ3v) is 16.8. The number of aromatic nitrogens is 3. The van der Waals surface area contributed by atoms with Crippen molar-refractivity contribution in [2.45, 2.75) is 125 Å². The van der Waals surface area contributed by atoms with E-state index in [9.17, 15) is 9.90 Å². The van der Waals surface area contributed by atoms with Crippen LogP contribution >= 0.6 is 0 Å². The molecule has 4 aliphatic carbocycles. The van der Waals surface area contributed by atoms with E-state index < -0.39 is 17.4 Å². The Kier molecular flexibility index (Phi) is 8.98. The first-order chi connectivity index (χ1) is 23.9. The fraction of sp³-hybridized carbons (Fsp3) is 0.854. The molecule has 7 rings (SSSR count). The fourth-order valence-corrected chi connectivity index (χ4v) is 12.8. The Morgan fingerprint density at radius 3 is 2.53 bits per heavy atom. The molecule has 0 amide bonds. The summed E-state index contributed by atoms with van der Waals surface area (Å²) in [6.07, 6.45) is 9.71. The number of fused-ring (bicyclic) bond motifs is 3. The van der Waals surface area contributed by atoms with Crippen LogP contribution in [0, 0.1) is 62.6 Å². The number of amidine groups is 1. The van der Waals surface area contributed by atoms with Crippen molar-refractivity contribution in [3.63, 3.8) is 0 Å². The monoisotopic (exact) mass is 707 g/mol. The van der Waals surface area contributed by atoms with E-state index in [1.165, 1.54) is 5.57 Å². The molecule has 2 bridgehead atoms. The topological polar surface area (TPSA) is 137 Å². The number of carboxylic acids is 1. The lowest BCUT2D eigenvalue weighted by molar-refractivity contribution is -0.252. The number of aliphatic imine (C=N–C) groups is 1. The third kappa shape index (κ3) is 5.18. The van der Waals surface area contributed by atoms with Gasteiger partial charge < -0.3 is 25.6 Å². The van der Waals surface area contributed by atoms with E-state index in [0.717, 1.165) is 63.3 Å². The molecule has 284 valence electrons. The maximum Gasteiger partial charge on any atom is 0.307 e. The Hall–Kier alpha value is -2.30. The van der Waals surface area contributed by atoms with Crippen LogP contribution in [0.4, 0.5) is 0 Å². The van der Waals surface area contributed by atoms with Gasteiger partial charge in [-0.05, 0) is 91.3 Å². The van der Waals surface area contributed by atoms with Crippen molar-refractivity contribution in [1.82, 2.24) is 20.1 Å². The van der Waals surface area contributed by atoms with E-state index in [1.54, 1.807) is 6.33 Å². The Morgan fingerprint density at radius 1 is 1.14 bits per heavy atom. The molecule has 1 unspecified atom stereocenters. The van der Waals surface area contributed by atoms with Crippen LogP contribution in [0.25, 0.3) is 0 Å². The van der Waals surface area contributed by atoms with E-state index in [0.29, 0.717) is 43.5 Å². The average Bonchev–Trinajstić information content (AvgIpc) is 3.76. The summed E-state index contributed by atoms with van der Waals surface area (Å²) in [4.78, 5) is 23.1. The van der Waals surface area contributed by atoms with Gasteiger partial charge in [0.25, 0.3) is 0 Å². The predicted molar refractivity (Wildman–Crippen MR) is 199 cm³/mol. The summed E-state index contributed by atoms with van der Waals surface area (Å²) in [7, 11) is 0. The van der Waals surface area contributed by atoms with E-state index in [1.807, 2.05) is 0 Å². The lowest BCUT2D eigenvalue weighted by Gasteiger charge is -2.71. The highest BCUT2D eigenvalue weighted by Gasteiger charge is 2.72. The van der Waals surface area contributed by atoms with Crippen LogP contribution in [0.3, 0.4) is 0 Å². The van der Waals surface area contributed by atoms with Gasteiger partial charge in [0.1, 0.15) is 6.33 Å². The van der Waals surface area contributed by atoms with E-state index in [2.05, 4.69) is 85.3 Å². The number of carbonyl (C=O) groups is 1. The largest absolute Gasteiger partial charge is 0.481 e. The van der Waals surface area contributed by atoms with Gasteiger partial charge in [0.2, 0.25) is 0 Å². The highest BCUT2D eigenvalue weighted by atomic mass is 16.5. The van der Waals surface area contributed by atoms with Crippen LogP contribution in [0.15, 0.2) is 23.0 Å². The van der Waals surface area contributed by atoms with Crippen molar-refractivity contribution in [2.75, 3.05) is 32.9 Å². The zero-order valence-corrected chi connectivity index (χ0v) is 33.1. The first-order valence-corrected chi connectivity index (χ1v) is 20.0. The molecule has 2 aliphatic heterocycles. The van der Waals surface area contributed by atoms with Crippen molar-refractivity contribution < 1.29 is 19.4 Å². The summed E-state index contributed by atoms with van der Waals surface area (Å²) in [6.45, 7) is 25.9. The molecule has 3 saturated carbocycles. The summed E-state index contributed by atoms with van der Waals surface area (Å²) < 4.78 is 16.0. The molecule has 12 atom stereocenters. The first kappa shape index (κ1) is 37.0. The second-order valence-corrected chi connectivity index (χ2v) is 19.7. The lowest BCUT2D eigenvalue weighted by atomic mass is 9.34. The highest BCUT2D eigenvalue weighted by molar-refractivity contribution is 5.96. The fourth-order valence-electron chi connectivity index (χ4n) is 12.8. The molecule has 1 saturated heterocycles. The van der Waals surface area contributed by atoms with Crippen LogP contribution in [-0.2, 0) is 14.3 Å². The summed E-state index contributed by atoms with van der Waals surface area (Å²) in [5, 5.41) is 19.5. The van der Waals surface area contributed by atoms with Gasteiger partial charge in [0.15, 0.2) is 11.7 Å². The molecule has 6 aliphatic rings. The average molecular weight is 707 g/mol. The van der Waals surface area contributed by atoms with Crippen LogP contribution in [-0.4, -0.2) is 76.2 Å². The van der Waals surface area contributed by atoms with Crippen LogP contribution in [0.1, 0.15) is 120 Å². The van der Waals surface area contributed by atoms with Gasteiger partial charge in [0.05, 0.1) is 44.4 Å². The minimum absolute atomic E-state index is 0.102. The van der Waals surface area contributed by atoms with Gasteiger partial charge in [-0.25, -0.2) is 9.67 Å². The van der Waals surface area contributed by atoms with Crippen molar-refractivity contribution in [2.24, 2.45) is 73.3 Å². The normalized spacial score (nSPS) is 43.7. The molecule has 0 spiro atoms. The van der Waals surface area contributed by atoms with Crippen LogP contribution < -0.4 is 11.1 Å². The molecule has 0 radical (unpaired) electrons. The number of carboxylic acid groups (broad SMARTS) is 1.